The Bertz CT molecular complexity index is 863. The average molecular weight is 504 g/mol. The van der Waals surface area contributed by atoms with Crippen molar-refractivity contribution in [3.63, 3.8) is 0 Å². The number of hydrogen-bond donors (Lipinski definition) is 4. The Morgan fingerprint density at radius 3 is 2.47 bits per heavy atom. The lowest BCUT2D eigenvalue weighted by Gasteiger charge is -2.26. The molecule has 0 radical (unpaired) electrons. The normalized spacial score (nSPS) is 23.9. The number of aliphatic hydroxyl groups is 2. The molecule has 12 heteroatoms. The number of carbonyl (C=O) groups is 3. The van der Waals surface area contributed by atoms with E-state index in [4.69, 9.17) is 19.9 Å². The molecule has 34 heavy (non-hydrogen) atoms. The molecule has 1 aromatic heterocycles. The molecule has 0 unspecified atom stereocenters. The zero-order valence-electron chi connectivity index (χ0n) is 19.9. The van der Waals surface area contributed by atoms with Gasteiger partial charge in [-0.1, -0.05) is 20.3 Å². The second-order valence-electron chi connectivity index (χ2n) is 9.09. The van der Waals surface area contributed by atoms with Crippen molar-refractivity contribution in [1.29, 1.82) is 0 Å². The first kappa shape index (κ1) is 29.6. The van der Waals surface area contributed by atoms with Gasteiger partial charge < -0.3 is 47.9 Å². The molecule has 1 fully saturated rings. The molecule has 0 aliphatic carbocycles. The Kier molecular flexibility index (Phi) is 10.7. The van der Waals surface area contributed by atoms with Gasteiger partial charge in [0.15, 0.2) is 18.5 Å². The number of amides is 2. The fourth-order valence-electron chi connectivity index (χ4n) is 3.27. The van der Waals surface area contributed by atoms with Gasteiger partial charge in [-0.15, -0.1) is 0 Å². The highest BCUT2D eigenvalue weighted by atomic mass is 35.5. The largest absolute Gasteiger partial charge is 1.00 e. The maximum absolute atomic E-state index is 12.7. The number of aromatic nitrogens is 1. The Morgan fingerprint density at radius 2 is 1.91 bits per heavy atom. The van der Waals surface area contributed by atoms with E-state index in [-0.39, 0.29) is 30.5 Å². The van der Waals surface area contributed by atoms with Crippen LogP contribution in [-0.2, 0) is 19.0 Å². The molecule has 192 valence electrons. The summed E-state index contributed by atoms with van der Waals surface area (Å²) in [5.41, 5.74) is 4.75. The van der Waals surface area contributed by atoms with Crippen molar-refractivity contribution in [3.05, 3.63) is 30.1 Å². The second-order valence-corrected chi connectivity index (χ2v) is 9.09. The number of alkyl carbamates (subject to hydrolysis) is 1. The smallest absolute Gasteiger partial charge is 0.408 e. The molecule has 1 aromatic rings. The lowest BCUT2D eigenvalue weighted by atomic mass is 9.99. The van der Waals surface area contributed by atoms with Crippen LogP contribution in [0.15, 0.2) is 24.5 Å². The molecule has 11 nitrogen and oxygen atoms in total. The van der Waals surface area contributed by atoms with Crippen molar-refractivity contribution in [1.82, 2.24) is 5.32 Å². The summed E-state index contributed by atoms with van der Waals surface area (Å²) < 4.78 is 17.6. The maximum atomic E-state index is 12.7. The summed E-state index contributed by atoms with van der Waals surface area (Å²) in [6.07, 6.45) is -1.97. The van der Waals surface area contributed by atoms with Gasteiger partial charge in [0.25, 0.3) is 12.1 Å². The first-order valence-electron chi connectivity index (χ1n) is 10.8. The molecule has 2 amide bonds. The minimum absolute atomic E-state index is 0. The predicted octanol–water partition coefficient (Wildman–Crippen LogP) is -2.82. The molecule has 2 rings (SSSR count). The number of primary amides is 1. The number of pyridine rings is 1. The van der Waals surface area contributed by atoms with Crippen molar-refractivity contribution in [3.8, 4) is 0 Å². The molecule has 5 N–H and O–H groups in total. The molecule has 0 saturated carbocycles. The van der Waals surface area contributed by atoms with E-state index in [1.807, 2.05) is 6.92 Å². The van der Waals surface area contributed by atoms with Crippen LogP contribution in [0.1, 0.15) is 57.6 Å². The summed E-state index contributed by atoms with van der Waals surface area (Å²) in [6, 6.07) is 2.09. The number of nitrogens with two attached hydrogens (primary N) is 1. The van der Waals surface area contributed by atoms with Crippen LogP contribution in [-0.4, -0.2) is 64.7 Å². The number of ether oxygens (including phenoxy) is 3. The number of carbonyl (C=O) groups excluding carboxylic acids is 3. The molecule has 6 atom stereocenters. The molecule has 1 aliphatic heterocycles. The van der Waals surface area contributed by atoms with Gasteiger partial charge in [0.05, 0.1) is 0 Å². The summed E-state index contributed by atoms with van der Waals surface area (Å²) in [7, 11) is 0. The van der Waals surface area contributed by atoms with E-state index in [0.717, 1.165) is 0 Å². The zero-order chi connectivity index (χ0) is 24.9. The Balaban J connectivity index is 0.00000578. The third kappa shape index (κ3) is 7.79. The minimum atomic E-state index is -1.35. The topological polar surface area (TPSA) is 161 Å². The monoisotopic (exact) mass is 503 g/mol. The SMILES string of the molecule is CC[C@H](C)[C@H](NC(=O)OC(C)(C)C)C(=O)OC[C@H]1O[C@@H]([n+]2cccc(C(N)=O)c2)[C@H](O)[C@@H]1O.[Cl-]. The summed E-state index contributed by atoms with van der Waals surface area (Å²) in [6.45, 7) is 8.42. The van der Waals surface area contributed by atoms with E-state index < -0.39 is 54.2 Å². The number of hydrogen-bond acceptors (Lipinski definition) is 8. The van der Waals surface area contributed by atoms with Crippen LogP contribution < -0.4 is 28.0 Å². The summed E-state index contributed by atoms with van der Waals surface area (Å²) in [5, 5.41) is 23.3. The quantitative estimate of drug-likeness (QED) is 0.218. The number of esters is 1. The fourth-order valence-corrected chi connectivity index (χ4v) is 3.27. The standard InChI is InChI=1S/C22H33N3O8.ClH/c1-6-12(2)15(24-21(30)33-22(3,4)5)20(29)31-11-14-16(26)17(27)19(32-14)25-9-7-8-13(10-25)18(23)28;/h7-10,12,14-17,19,26-27H,6,11H2,1-5H3,(H2-,23,24,28,30);1H/t12-,14+,15-,16+,17+,19+;/m0./s1. The van der Waals surface area contributed by atoms with Crippen LogP contribution in [0.3, 0.4) is 0 Å². The van der Waals surface area contributed by atoms with Crippen molar-refractivity contribution in [2.45, 2.75) is 77.2 Å². The van der Waals surface area contributed by atoms with Crippen molar-refractivity contribution in [2.75, 3.05) is 6.61 Å². The third-order valence-corrected chi connectivity index (χ3v) is 5.27. The van der Waals surface area contributed by atoms with E-state index in [9.17, 15) is 24.6 Å². The highest BCUT2D eigenvalue weighted by molar-refractivity contribution is 5.92. The highest BCUT2D eigenvalue weighted by Crippen LogP contribution is 2.26. The molecular weight excluding hydrogens is 470 g/mol. The van der Waals surface area contributed by atoms with Crippen LogP contribution in [0.25, 0.3) is 0 Å². The number of nitrogens with one attached hydrogen (secondary N) is 1. The maximum Gasteiger partial charge on any atom is 0.408 e. The Morgan fingerprint density at radius 1 is 1.26 bits per heavy atom. The van der Waals surface area contributed by atoms with Gasteiger partial charge in [-0.2, -0.15) is 4.57 Å². The van der Waals surface area contributed by atoms with Gasteiger partial charge in [-0.25, -0.2) is 9.59 Å². The van der Waals surface area contributed by atoms with Gasteiger partial charge in [0, 0.05) is 6.07 Å². The molecule has 2 heterocycles. The van der Waals surface area contributed by atoms with Gasteiger partial charge >= 0.3 is 12.1 Å². The lowest BCUT2D eigenvalue weighted by molar-refractivity contribution is -0.765. The van der Waals surface area contributed by atoms with Crippen molar-refractivity contribution < 1.29 is 55.8 Å². The number of aliphatic hydroxyl groups excluding tert-OH is 2. The second kappa shape index (κ2) is 12.3. The lowest BCUT2D eigenvalue weighted by Crippen LogP contribution is -3.00. The molecule has 0 spiro atoms. The molecule has 1 saturated heterocycles. The predicted molar refractivity (Wildman–Crippen MR) is 115 cm³/mol. The van der Waals surface area contributed by atoms with E-state index in [2.05, 4.69) is 5.32 Å². The Hall–Kier alpha value is -2.47. The van der Waals surface area contributed by atoms with Crippen molar-refractivity contribution >= 4 is 18.0 Å². The van der Waals surface area contributed by atoms with Gasteiger partial charge in [0.1, 0.15) is 36.0 Å². The number of nitrogens with zero attached hydrogens (tertiary/aromatic N) is 1. The van der Waals surface area contributed by atoms with Gasteiger partial charge in [-0.3, -0.25) is 4.79 Å². The first-order chi connectivity index (χ1) is 15.3. The summed E-state index contributed by atoms with van der Waals surface area (Å²) >= 11 is 0. The highest BCUT2D eigenvalue weighted by Gasteiger charge is 2.49. The van der Waals surface area contributed by atoms with Gasteiger partial charge in [0.2, 0.25) is 0 Å². The van der Waals surface area contributed by atoms with Crippen LogP contribution in [0.5, 0.6) is 0 Å². The summed E-state index contributed by atoms with van der Waals surface area (Å²) in [4.78, 5) is 36.3. The Labute approximate surface area is 205 Å². The van der Waals surface area contributed by atoms with E-state index >= 15 is 0 Å². The van der Waals surface area contributed by atoms with Crippen LogP contribution >= 0.6 is 0 Å². The summed E-state index contributed by atoms with van der Waals surface area (Å²) in [5.74, 6) is -1.62. The van der Waals surface area contributed by atoms with E-state index in [0.29, 0.717) is 6.42 Å². The first-order valence-corrected chi connectivity index (χ1v) is 10.8. The molecule has 1 aliphatic rings. The van der Waals surface area contributed by atoms with Crippen LogP contribution in [0.2, 0.25) is 0 Å². The number of rotatable bonds is 8. The minimum Gasteiger partial charge on any atom is -1.00 e. The van der Waals surface area contributed by atoms with E-state index in [1.165, 1.54) is 16.8 Å². The molecule has 0 bridgehead atoms. The fraction of sp³-hybridized carbons (Fsp3) is 0.636. The number of halogens is 1. The average Bonchev–Trinajstić information content (AvgIpc) is 3.02. The van der Waals surface area contributed by atoms with Crippen LogP contribution in [0, 0.1) is 5.92 Å². The zero-order valence-corrected chi connectivity index (χ0v) is 20.7. The van der Waals surface area contributed by atoms with Gasteiger partial charge in [-0.05, 0) is 32.8 Å². The van der Waals surface area contributed by atoms with Crippen molar-refractivity contribution in [2.24, 2.45) is 11.7 Å². The molecule has 0 aromatic carbocycles. The van der Waals surface area contributed by atoms with E-state index in [1.54, 1.807) is 40.0 Å². The molecular formula is C22H34ClN3O8. The van der Waals surface area contributed by atoms with Crippen LogP contribution in [0.4, 0.5) is 4.79 Å². The third-order valence-electron chi connectivity index (χ3n) is 5.27.